The maximum Gasteiger partial charge on any atom is 0.290 e. The van der Waals surface area contributed by atoms with Crippen LogP contribution in [0.1, 0.15) is 42.7 Å². The van der Waals surface area contributed by atoms with E-state index in [2.05, 4.69) is 15.8 Å². The van der Waals surface area contributed by atoms with Crippen molar-refractivity contribution in [2.75, 3.05) is 6.54 Å². The van der Waals surface area contributed by atoms with E-state index in [1.54, 1.807) is 12.1 Å². The van der Waals surface area contributed by atoms with Crippen LogP contribution in [-0.2, 0) is 4.79 Å². The number of carbonyl (C=O) groups excluding carboxylic acids is 2. The smallest absolute Gasteiger partial charge is 0.290 e. The lowest BCUT2D eigenvalue weighted by molar-refractivity contribution is -0.121. The topological polar surface area (TPSA) is 84.2 Å². The van der Waals surface area contributed by atoms with Gasteiger partial charge in [0.2, 0.25) is 11.7 Å². The number of hydrogen-bond acceptors (Lipinski definition) is 4. The van der Waals surface area contributed by atoms with Gasteiger partial charge in [-0.3, -0.25) is 9.59 Å². The number of benzene rings is 1. The first-order chi connectivity index (χ1) is 12.1. The van der Waals surface area contributed by atoms with Gasteiger partial charge in [0, 0.05) is 17.7 Å². The molecule has 3 rings (SSSR count). The fourth-order valence-electron chi connectivity index (χ4n) is 2.94. The van der Waals surface area contributed by atoms with Gasteiger partial charge >= 0.3 is 0 Å². The highest BCUT2D eigenvalue weighted by Gasteiger charge is 2.18. The summed E-state index contributed by atoms with van der Waals surface area (Å²) in [5.74, 6) is -1.17. The highest BCUT2D eigenvalue weighted by molar-refractivity contribution is 5.94. The maximum atomic E-state index is 13.2. The predicted octanol–water partition coefficient (Wildman–Crippen LogP) is 2.66. The lowest BCUT2D eigenvalue weighted by Gasteiger charge is -2.22. The van der Waals surface area contributed by atoms with Crippen molar-refractivity contribution in [3.05, 3.63) is 41.9 Å². The molecule has 0 spiro atoms. The third kappa shape index (κ3) is 4.65. The van der Waals surface area contributed by atoms with Gasteiger partial charge in [-0.1, -0.05) is 36.6 Å². The Morgan fingerprint density at radius 2 is 2.00 bits per heavy atom. The summed E-state index contributed by atoms with van der Waals surface area (Å²) in [7, 11) is 0. The molecule has 2 aromatic rings. The van der Waals surface area contributed by atoms with Crippen LogP contribution >= 0.6 is 0 Å². The van der Waals surface area contributed by atoms with Gasteiger partial charge in [-0.15, -0.1) is 0 Å². The molecule has 0 saturated heterocycles. The van der Waals surface area contributed by atoms with Crippen LogP contribution in [0.4, 0.5) is 4.39 Å². The van der Waals surface area contributed by atoms with Crippen molar-refractivity contribution in [2.45, 2.75) is 38.1 Å². The molecule has 1 aliphatic carbocycles. The van der Waals surface area contributed by atoms with Gasteiger partial charge in [0.1, 0.15) is 11.5 Å². The molecule has 0 unspecified atom stereocenters. The van der Waals surface area contributed by atoms with E-state index in [4.69, 9.17) is 4.52 Å². The molecule has 2 amide bonds. The van der Waals surface area contributed by atoms with Gasteiger partial charge in [-0.25, -0.2) is 4.39 Å². The number of carbonyl (C=O) groups is 2. The monoisotopic (exact) mass is 345 g/mol. The lowest BCUT2D eigenvalue weighted by Crippen LogP contribution is -2.42. The minimum absolute atomic E-state index is 0.0234. The molecule has 0 atom stereocenters. The maximum absolute atomic E-state index is 13.2. The number of amides is 2. The first kappa shape index (κ1) is 17.1. The fraction of sp³-hybridized carbons (Fsp3) is 0.389. The van der Waals surface area contributed by atoms with Crippen molar-refractivity contribution in [3.8, 4) is 11.3 Å². The highest BCUT2D eigenvalue weighted by Crippen LogP contribution is 2.20. The van der Waals surface area contributed by atoms with Crippen LogP contribution in [0, 0.1) is 5.82 Å². The van der Waals surface area contributed by atoms with Crippen LogP contribution in [0.2, 0.25) is 0 Å². The molecular formula is C18H20FN3O3. The number of halogens is 1. The van der Waals surface area contributed by atoms with Crippen LogP contribution in [0.15, 0.2) is 34.9 Å². The van der Waals surface area contributed by atoms with Gasteiger partial charge in [-0.2, -0.15) is 0 Å². The minimum atomic E-state index is -0.533. The molecule has 2 N–H and O–H groups in total. The minimum Gasteiger partial charge on any atom is -0.352 e. The van der Waals surface area contributed by atoms with Crippen molar-refractivity contribution in [1.82, 2.24) is 15.8 Å². The second-order valence-electron chi connectivity index (χ2n) is 6.17. The summed E-state index contributed by atoms with van der Waals surface area (Å²) in [5.41, 5.74) is 0.870. The van der Waals surface area contributed by atoms with E-state index in [1.165, 1.54) is 24.6 Å². The van der Waals surface area contributed by atoms with Gasteiger partial charge < -0.3 is 15.2 Å². The van der Waals surface area contributed by atoms with Crippen molar-refractivity contribution in [2.24, 2.45) is 0 Å². The summed E-state index contributed by atoms with van der Waals surface area (Å²) in [6.07, 6.45) is 5.43. The molecule has 1 aromatic heterocycles. The molecule has 1 fully saturated rings. The molecule has 1 aliphatic rings. The Balaban J connectivity index is 1.52. The van der Waals surface area contributed by atoms with Crippen LogP contribution in [0.3, 0.4) is 0 Å². The Hall–Kier alpha value is -2.70. The Morgan fingerprint density at radius 1 is 1.20 bits per heavy atom. The second-order valence-corrected chi connectivity index (χ2v) is 6.17. The van der Waals surface area contributed by atoms with E-state index in [1.807, 2.05) is 0 Å². The standard InChI is InChI=1S/C18H20FN3O3/c19-13-6-4-5-12(9-13)15-10-16(25-22-15)18(24)20-11-17(23)21-14-7-2-1-3-8-14/h4-6,9-10,14H,1-3,7-8,11H2,(H,20,24)(H,21,23). The fourth-order valence-corrected chi connectivity index (χ4v) is 2.94. The summed E-state index contributed by atoms with van der Waals surface area (Å²) in [5, 5.41) is 9.19. The zero-order valence-electron chi connectivity index (χ0n) is 13.8. The summed E-state index contributed by atoms with van der Waals surface area (Å²) in [6, 6.07) is 7.46. The Bertz CT molecular complexity index is 754. The highest BCUT2D eigenvalue weighted by atomic mass is 19.1. The van der Waals surface area contributed by atoms with E-state index < -0.39 is 11.7 Å². The van der Waals surface area contributed by atoms with Crippen molar-refractivity contribution >= 4 is 11.8 Å². The zero-order valence-corrected chi connectivity index (χ0v) is 13.8. The largest absolute Gasteiger partial charge is 0.352 e. The molecule has 1 saturated carbocycles. The number of hydrogen-bond donors (Lipinski definition) is 2. The molecule has 25 heavy (non-hydrogen) atoms. The average Bonchev–Trinajstić information content (AvgIpc) is 3.11. The lowest BCUT2D eigenvalue weighted by atomic mass is 9.95. The van der Waals surface area contributed by atoms with Crippen molar-refractivity contribution in [3.63, 3.8) is 0 Å². The van der Waals surface area contributed by atoms with Crippen LogP contribution in [-0.4, -0.2) is 29.6 Å². The van der Waals surface area contributed by atoms with Gasteiger partial charge in [0.25, 0.3) is 5.91 Å². The second kappa shape index (κ2) is 7.92. The van der Waals surface area contributed by atoms with Crippen molar-refractivity contribution in [1.29, 1.82) is 0 Å². The molecule has 0 aliphatic heterocycles. The van der Waals surface area contributed by atoms with Crippen LogP contribution < -0.4 is 10.6 Å². The summed E-state index contributed by atoms with van der Waals surface area (Å²) in [4.78, 5) is 24.0. The van der Waals surface area contributed by atoms with Gasteiger partial charge in [0.15, 0.2) is 0 Å². The van der Waals surface area contributed by atoms with Crippen LogP contribution in [0.5, 0.6) is 0 Å². The number of nitrogens with zero attached hydrogens (tertiary/aromatic N) is 1. The number of rotatable bonds is 5. The molecule has 0 radical (unpaired) electrons. The first-order valence-electron chi connectivity index (χ1n) is 8.42. The number of aromatic nitrogens is 1. The predicted molar refractivity (Wildman–Crippen MR) is 89.2 cm³/mol. The Kier molecular flexibility index (Phi) is 5.42. The van der Waals surface area contributed by atoms with Gasteiger partial charge in [-0.05, 0) is 25.0 Å². The molecule has 0 bridgehead atoms. The van der Waals surface area contributed by atoms with E-state index in [0.717, 1.165) is 25.7 Å². The van der Waals surface area contributed by atoms with Crippen molar-refractivity contribution < 1.29 is 18.5 Å². The van der Waals surface area contributed by atoms with Gasteiger partial charge in [0.05, 0.1) is 6.54 Å². The molecule has 132 valence electrons. The average molecular weight is 345 g/mol. The summed E-state index contributed by atoms with van der Waals surface area (Å²) in [6.45, 7) is -0.120. The molecular weight excluding hydrogens is 325 g/mol. The third-order valence-corrected chi connectivity index (χ3v) is 4.23. The van der Waals surface area contributed by atoms with E-state index in [-0.39, 0.29) is 24.3 Å². The number of nitrogens with one attached hydrogen (secondary N) is 2. The SMILES string of the molecule is O=C(CNC(=O)c1cc(-c2cccc(F)c2)no1)NC1CCCCC1. The first-order valence-corrected chi connectivity index (χ1v) is 8.42. The van der Waals surface area contributed by atoms with E-state index in [0.29, 0.717) is 11.3 Å². The van der Waals surface area contributed by atoms with E-state index in [9.17, 15) is 14.0 Å². The zero-order chi connectivity index (χ0) is 17.6. The van der Waals surface area contributed by atoms with Crippen LogP contribution in [0.25, 0.3) is 11.3 Å². The summed E-state index contributed by atoms with van der Waals surface area (Å²) < 4.78 is 18.2. The van der Waals surface area contributed by atoms with E-state index >= 15 is 0 Å². The molecule has 6 nitrogen and oxygen atoms in total. The molecule has 7 heteroatoms. The third-order valence-electron chi connectivity index (χ3n) is 4.23. The molecule has 1 aromatic carbocycles. The quantitative estimate of drug-likeness (QED) is 0.872. The normalized spacial score (nSPS) is 14.9. The Morgan fingerprint density at radius 3 is 2.76 bits per heavy atom. The summed E-state index contributed by atoms with van der Waals surface area (Å²) >= 11 is 0. The Labute approximate surface area is 144 Å². The molecule has 1 heterocycles.